The number of nitrogens with one attached hydrogen (secondary N) is 1. The number of anilines is 1. The van der Waals surface area contributed by atoms with Crippen LogP contribution in [0.1, 0.15) is 20.3 Å². The van der Waals surface area contributed by atoms with Crippen LogP contribution in [-0.4, -0.2) is 18.6 Å². The Hall–Kier alpha value is -1.13. The Balaban J connectivity index is 2.84. The van der Waals surface area contributed by atoms with Gasteiger partial charge in [0.15, 0.2) is 0 Å². The molecule has 0 heterocycles. The summed E-state index contributed by atoms with van der Waals surface area (Å²) in [6.07, 6.45) is 0.532. The Morgan fingerprint density at radius 1 is 1.59 bits per heavy atom. The van der Waals surface area contributed by atoms with E-state index in [0.29, 0.717) is 12.1 Å². The van der Waals surface area contributed by atoms with Gasteiger partial charge < -0.3 is 10.1 Å². The van der Waals surface area contributed by atoms with Crippen LogP contribution in [0.4, 0.5) is 10.1 Å². The van der Waals surface area contributed by atoms with Gasteiger partial charge in [-0.25, -0.2) is 4.39 Å². The van der Waals surface area contributed by atoms with Gasteiger partial charge in [0, 0.05) is 12.8 Å². The fourth-order valence-electron chi connectivity index (χ4n) is 1.23. The van der Waals surface area contributed by atoms with Gasteiger partial charge in [0.1, 0.15) is 11.4 Å². The first kappa shape index (κ1) is 13.9. The molecule has 0 aliphatic rings. The summed E-state index contributed by atoms with van der Waals surface area (Å²) >= 11 is 5.62. The van der Waals surface area contributed by atoms with Gasteiger partial charge in [0.05, 0.1) is 5.02 Å². The van der Waals surface area contributed by atoms with Gasteiger partial charge in [-0.1, -0.05) is 18.5 Å². The van der Waals surface area contributed by atoms with Gasteiger partial charge in [-0.15, -0.1) is 0 Å². The Labute approximate surface area is 105 Å². The summed E-state index contributed by atoms with van der Waals surface area (Å²) in [4.78, 5) is 11.9. The van der Waals surface area contributed by atoms with Crippen molar-refractivity contribution < 1.29 is 13.9 Å². The molecule has 0 aliphatic heterocycles. The minimum Gasteiger partial charge on any atom is -0.369 e. The van der Waals surface area contributed by atoms with E-state index in [1.807, 2.05) is 6.92 Å². The monoisotopic (exact) mass is 259 g/mol. The summed E-state index contributed by atoms with van der Waals surface area (Å²) in [5, 5.41) is 2.61. The van der Waals surface area contributed by atoms with Crippen molar-refractivity contribution in [3.63, 3.8) is 0 Å². The topological polar surface area (TPSA) is 38.3 Å². The molecule has 0 aliphatic carbocycles. The number of rotatable bonds is 4. The molecule has 0 saturated heterocycles. The maximum atomic E-state index is 12.9. The van der Waals surface area contributed by atoms with Gasteiger partial charge in [-0.05, 0) is 31.5 Å². The third-order valence-electron chi connectivity index (χ3n) is 2.78. The molecule has 1 N–H and O–H groups in total. The van der Waals surface area contributed by atoms with E-state index < -0.39 is 11.4 Å². The summed E-state index contributed by atoms with van der Waals surface area (Å²) < 4.78 is 18.1. The van der Waals surface area contributed by atoms with Crippen molar-refractivity contribution in [2.24, 2.45) is 0 Å². The zero-order valence-corrected chi connectivity index (χ0v) is 10.8. The molecule has 17 heavy (non-hydrogen) atoms. The van der Waals surface area contributed by atoms with Crippen LogP contribution in [0.5, 0.6) is 0 Å². The Morgan fingerprint density at radius 3 is 2.71 bits per heavy atom. The van der Waals surface area contributed by atoms with Crippen LogP contribution in [0, 0.1) is 5.82 Å². The number of hydrogen-bond donors (Lipinski definition) is 1. The number of halogens is 2. The Bertz CT molecular complexity index is 419. The maximum Gasteiger partial charge on any atom is 0.256 e. The lowest BCUT2D eigenvalue weighted by Crippen LogP contribution is -2.41. The fourth-order valence-corrected chi connectivity index (χ4v) is 1.42. The lowest BCUT2D eigenvalue weighted by atomic mass is 10.0. The van der Waals surface area contributed by atoms with Crippen LogP contribution in [0.25, 0.3) is 0 Å². The van der Waals surface area contributed by atoms with E-state index in [0.717, 1.165) is 0 Å². The highest BCUT2D eigenvalue weighted by Gasteiger charge is 2.30. The van der Waals surface area contributed by atoms with E-state index in [9.17, 15) is 9.18 Å². The zero-order chi connectivity index (χ0) is 13.1. The molecular formula is C12H15ClFNO2. The van der Waals surface area contributed by atoms with E-state index in [2.05, 4.69) is 5.32 Å². The molecule has 0 radical (unpaired) electrons. The second-order valence-electron chi connectivity index (χ2n) is 3.87. The highest BCUT2D eigenvalue weighted by Crippen LogP contribution is 2.22. The number of benzene rings is 1. The van der Waals surface area contributed by atoms with Crippen LogP contribution >= 0.6 is 11.6 Å². The molecule has 1 aromatic carbocycles. The van der Waals surface area contributed by atoms with Crippen molar-refractivity contribution in [1.29, 1.82) is 0 Å². The van der Waals surface area contributed by atoms with Crippen molar-refractivity contribution in [2.75, 3.05) is 12.4 Å². The van der Waals surface area contributed by atoms with Crippen molar-refractivity contribution in [2.45, 2.75) is 25.9 Å². The minimum absolute atomic E-state index is 0.0292. The SMILES string of the molecule is CCC(C)(OC)C(=O)Nc1ccc(F)c(Cl)c1. The second kappa shape index (κ2) is 5.47. The zero-order valence-electron chi connectivity index (χ0n) is 10.0. The molecule has 3 nitrogen and oxygen atoms in total. The lowest BCUT2D eigenvalue weighted by molar-refractivity contribution is -0.136. The molecule has 5 heteroatoms. The predicted octanol–water partition coefficient (Wildman–Crippen LogP) is 3.23. The van der Waals surface area contributed by atoms with Gasteiger partial charge in [-0.2, -0.15) is 0 Å². The third kappa shape index (κ3) is 3.17. The third-order valence-corrected chi connectivity index (χ3v) is 3.07. The number of amides is 1. The number of carbonyl (C=O) groups is 1. The van der Waals surface area contributed by atoms with Crippen molar-refractivity contribution in [3.8, 4) is 0 Å². The van der Waals surface area contributed by atoms with Crippen LogP contribution in [-0.2, 0) is 9.53 Å². The molecule has 0 fully saturated rings. The molecule has 94 valence electrons. The van der Waals surface area contributed by atoms with Gasteiger partial charge >= 0.3 is 0 Å². The molecule has 1 unspecified atom stereocenters. The predicted molar refractivity (Wildman–Crippen MR) is 65.7 cm³/mol. The second-order valence-corrected chi connectivity index (χ2v) is 4.28. The average molecular weight is 260 g/mol. The van der Waals surface area contributed by atoms with E-state index in [-0.39, 0.29) is 10.9 Å². The molecule has 0 saturated carbocycles. The van der Waals surface area contributed by atoms with Gasteiger partial charge in [0.25, 0.3) is 5.91 Å². The summed E-state index contributed by atoms with van der Waals surface area (Å²) in [7, 11) is 1.47. The summed E-state index contributed by atoms with van der Waals surface area (Å²) in [6.45, 7) is 3.54. The highest BCUT2D eigenvalue weighted by atomic mass is 35.5. The molecule has 1 rings (SSSR count). The number of hydrogen-bond acceptors (Lipinski definition) is 2. The van der Waals surface area contributed by atoms with Crippen molar-refractivity contribution >= 4 is 23.2 Å². The number of methoxy groups -OCH3 is 1. The maximum absolute atomic E-state index is 12.9. The number of carbonyl (C=O) groups excluding carboxylic acids is 1. The first-order chi connectivity index (χ1) is 7.92. The van der Waals surface area contributed by atoms with Crippen LogP contribution in [0.15, 0.2) is 18.2 Å². The normalized spacial score (nSPS) is 14.2. The van der Waals surface area contributed by atoms with E-state index in [4.69, 9.17) is 16.3 Å². The molecule has 1 atom stereocenters. The lowest BCUT2D eigenvalue weighted by Gasteiger charge is -2.25. The molecular weight excluding hydrogens is 245 g/mol. The summed E-state index contributed by atoms with van der Waals surface area (Å²) in [5.74, 6) is -0.806. The molecule has 0 spiro atoms. The smallest absolute Gasteiger partial charge is 0.256 e. The van der Waals surface area contributed by atoms with Crippen molar-refractivity contribution in [3.05, 3.63) is 29.0 Å². The van der Waals surface area contributed by atoms with E-state index in [1.54, 1.807) is 6.92 Å². The largest absolute Gasteiger partial charge is 0.369 e. The van der Waals surface area contributed by atoms with Crippen molar-refractivity contribution in [1.82, 2.24) is 0 Å². The highest BCUT2D eigenvalue weighted by molar-refractivity contribution is 6.31. The van der Waals surface area contributed by atoms with Gasteiger partial charge in [0.2, 0.25) is 0 Å². The van der Waals surface area contributed by atoms with Gasteiger partial charge in [-0.3, -0.25) is 4.79 Å². The fraction of sp³-hybridized carbons (Fsp3) is 0.417. The molecule has 0 bridgehead atoms. The first-order valence-corrected chi connectivity index (χ1v) is 5.62. The molecule has 1 amide bonds. The van der Waals surface area contributed by atoms with Crippen LogP contribution in [0.2, 0.25) is 5.02 Å². The quantitative estimate of drug-likeness (QED) is 0.902. The first-order valence-electron chi connectivity index (χ1n) is 5.24. The Morgan fingerprint density at radius 2 is 2.24 bits per heavy atom. The minimum atomic E-state index is -0.902. The Kier molecular flexibility index (Phi) is 4.48. The average Bonchev–Trinajstić information content (AvgIpc) is 2.32. The summed E-state index contributed by atoms with van der Waals surface area (Å²) in [6, 6.07) is 4.01. The van der Waals surface area contributed by atoms with E-state index in [1.165, 1.54) is 25.3 Å². The molecule has 0 aromatic heterocycles. The van der Waals surface area contributed by atoms with Crippen LogP contribution in [0.3, 0.4) is 0 Å². The van der Waals surface area contributed by atoms with E-state index >= 15 is 0 Å². The van der Waals surface area contributed by atoms with Crippen LogP contribution < -0.4 is 5.32 Å². The summed E-state index contributed by atoms with van der Waals surface area (Å²) in [5.41, 5.74) is -0.459. The molecule has 1 aromatic rings. The number of ether oxygens (including phenoxy) is 1. The standard InChI is InChI=1S/C12H15ClFNO2/c1-4-12(2,17-3)11(16)15-8-5-6-10(14)9(13)7-8/h5-7H,4H2,1-3H3,(H,15,16).